The summed E-state index contributed by atoms with van der Waals surface area (Å²) >= 11 is 1.85. The topological polar surface area (TPSA) is 37.8 Å². The number of hydrogen-bond donors (Lipinski definition) is 1. The van der Waals surface area contributed by atoms with Crippen LogP contribution in [0.2, 0.25) is 0 Å². The van der Waals surface area contributed by atoms with Gasteiger partial charge in [0.25, 0.3) is 0 Å². The highest BCUT2D eigenvalue weighted by molar-refractivity contribution is 7.12. The van der Waals surface area contributed by atoms with Gasteiger partial charge < -0.3 is 5.32 Å². The number of hydrogen-bond acceptors (Lipinski definition) is 4. The second-order valence-electron chi connectivity index (χ2n) is 5.32. The van der Waals surface area contributed by atoms with Crippen LogP contribution in [0.15, 0.2) is 36.5 Å². The molecule has 1 N–H and O–H groups in total. The zero-order chi connectivity index (χ0) is 14.8. The number of para-hydroxylation sites is 2. The van der Waals surface area contributed by atoms with Crippen LogP contribution in [-0.2, 0) is 6.54 Å². The van der Waals surface area contributed by atoms with Gasteiger partial charge in [-0.15, -0.1) is 11.3 Å². The maximum absolute atomic E-state index is 4.65. The normalized spacial score (nSPS) is 12.7. The van der Waals surface area contributed by atoms with Crippen molar-refractivity contribution in [3.8, 4) is 0 Å². The van der Waals surface area contributed by atoms with E-state index in [4.69, 9.17) is 0 Å². The lowest BCUT2D eigenvalue weighted by Crippen LogP contribution is -2.19. The Hall–Kier alpha value is -1.78. The summed E-state index contributed by atoms with van der Waals surface area (Å²) < 4.78 is 0. The Morgan fingerprint density at radius 1 is 1.19 bits per heavy atom. The average molecular weight is 297 g/mol. The third-order valence-electron chi connectivity index (χ3n) is 3.63. The molecule has 0 bridgehead atoms. The fourth-order valence-corrected chi connectivity index (χ4v) is 3.55. The molecular weight excluding hydrogens is 278 g/mol. The van der Waals surface area contributed by atoms with Crippen molar-refractivity contribution in [1.82, 2.24) is 15.3 Å². The second kappa shape index (κ2) is 5.92. The molecule has 1 aromatic carbocycles. The van der Waals surface area contributed by atoms with Gasteiger partial charge in [0, 0.05) is 22.3 Å². The summed E-state index contributed by atoms with van der Waals surface area (Å²) in [7, 11) is 0. The summed E-state index contributed by atoms with van der Waals surface area (Å²) in [5, 5.41) is 3.54. The second-order valence-corrected chi connectivity index (χ2v) is 6.78. The average Bonchev–Trinajstić information content (AvgIpc) is 2.83. The molecule has 4 heteroatoms. The minimum atomic E-state index is 0.322. The Bertz CT molecular complexity index is 764. The molecule has 0 radical (unpaired) electrons. The molecule has 1 unspecified atom stereocenters. The van der Waals surface area contributed by atoms with E-state index in [0.717, 1.165) is 23.3 Å². The van der Waals surface area contributed by atoms with Gasteiger partial charge in [0.1, 0.15) is 0 Å². The van der Waals surface area contributed by atoms with E-state index in [2.05, 4.69) is 42.1 Å². The van der Waals surface area contributed by atoms with Crippen LogP contribution in [0.4, 0.5) is 0 Å². The van der Waals surface area contributed by atoms with Crippen molar-refractivity contribution in [3.05, 3.63) is 57.5 Å². The fraction of sp³-hybridized carbons (Fsp3) is 0.294. The number of rotatable bonds is 4. The van der Waals surface area contributed by atoms with Crippen LogP contribution in [0.5, 0.6) is 0 Å². The lowest BCUT2D eigenvalue weighted by molar-refractivity contribution is 0.567. The van der Waals surface area contributed by atoms with Gasteiger partial charge in [-0.1, -0.05) is 12.1 Å². The largest absolute Gasteiger partial charge is 0.304 e. The van der Waals surface area contributed by atoms with Crippen LogP contribution in [0, 0.1) is 13.8 Å². The highest BCUT2D eigenvalue weighted by Gasteiger charge is 2.11. The molecule has 0 saturated heterocycles. The molecule has 0 saturated carbocycles. The first-order valence-electron chi connectivity index (χ1n) is 7.14. The Balaban J connectivity index is 1.72. The quantitative estimate of drug-likeness (QED) is 0.786. The van der Waals surface area contributed by atoms with Crippen LogP contribution in [0.25, 0.3) is 11.0 Å². The molecule has 0 spiro atoms. The molecule has 0 fully saturated rings. The third kappa shape index (κ3) is 3.12. The zero-order valence-electron chi connectivity index (χ0n) is 12.6. The molecule has 2 heterocycles. The molecular formula is C17H19N3S. The number of thiophene rings is 1. The van der Waals surface area contributed by atoms with Crippen molar-refractivity contribution in [2.24, 2.45) is 0 Å². The maximum Gasteiger partial charge on any atom is 0.0890 e. The Morgan fingerprint density at radius 3 is 2.67 bits per heavy atom. The molecule has 0 aliphatic rings. The van der Waals surface area contributed by atoms with Gasteiger partial charge in [-0.2, -0.15) is 0 Å². The fourth-order valence-electron chi connectivity index (χ4n) is 2.53. The highest BCUT2D eigenvalue weighted by Crippen LogP contribution is 2.26. The number of aryl methyl sites for hydroxylation is 2. The minimum Gasteiger partial charge on any atom is -0.304 e. The van der Waals surface area contributed by atoms with Crippen molar-refractivity contribution in [2.45, 2.75) is 33.4 Å². The molecule has 21 heavy (non-hydrogen) atoms. The zero-order valence-corrected chi connectivity index (χ0v) is 13.4. The summed E-state index contributed by atoms with van der Waals surface area (Å²) in [5.41, 5.74) is 4.25. The lowest BCUT2D eigenvalue weighted by Gasteiger charge is -2.13. The van der Waals surface area contributed by atoms with E-state index in [0.29, 0.717) is 6.04 Å². The summed E-state index contributed by atoms with van der Waals surface area (Å²) in [6.45, 7) is 7.26. The molecule has 3 aromatic rings. The summed E-state index contributed by atoms with van der Waals surface area (Å²) in [4.78, 5) is 11.8. The number of fused-ring (bicyclic) bond motifs is 1. The van der Waals surface area contributed by atoms with E-state index in [1.807, 2.05) is 41.8 Å². The van der Waals surface area contributed by atoms with Crippen LogP contribution >= 0.6 is 11.3 Å². The minimum absolute atomic E-state index is 0.322. The Morgan fingerprint density at radius 2 is 1.95 bits per heavy atom. The smallest absolute Gasteiger partial charge is 0.0890 e. The molecule has 3 rings (SSSR count). The number of nitrogens with zero attached hydrogens (tertiary/aromatic N) is 2. The summed E-state index contributed by atoms with van der Waals surface area (Å²) in [5.74, 6) is 0. The van der Waals surface area contributed by atoms with Gasteiger partial charge in [-0.05, 0) is 44.5 Å². The molecule has 1 atom stereocenters. The van der Waals surface area contributed by atoms with Crippen LogP contribution in [0.1, 0.15) is 34.0 Å². The molecule has 0 aliphatic carbocycles. The van der Waals surface area contributed by atoms with Crippen LogP contribution in [0.3, 0.4) is 0 Å². The van der Waals surface area contributed by atoms with Crippen molar-refractivity contribution in [3.63, 3.8) is 0 Å². The molecule has 2 aromatic heterocycles. The maximum atomic E-state index is 4.65. The predicted octanol–water partition coefficient (Wildman–Crippen LogP) is 4.16. The van der Waals surface area contributed by atoms with Crippen molar-refractivity contribution in [2.75, 3.05) is 0 Å². The van der Waals surface area contributed by atoms with Gasteiger partial charge in [0.05, 0.1) is 22.9 Å². The first-order chi connectivity index (χ1) is 10.1. The van der Waals surface area contributed by atoms with Gasteiger partial charge in [0.15, 0.2) is 0 Å². The molecule has 108 valence electrons. The van der Waals surface area contributed by atoms with E-state index in [1.54, 1.807) is 0 Å². The first-order valence-corrected chi connectivity index (χ1v) is 7.96. The number of nitrogens with one attached hydrogen (secondary N) is 1. The molecule has 0 aliphatic heterocycles. The highest BCUT2D eigenvalue weighted by atomic mass is 32.1. The van der Waals surface area contributed by atoms with Crippen LogP contribution < -0.4 is 5.32 Å². The van der Waals surface area contributed by atoms with E-state index in [1.165, 1.54) is 15.3 Å². The van der Waals surface area contributed by atoms with E-state index in [9.17, 15) is 0 Å². The molecule has 0 amide bonds. The van der Waals surface area contributed by atoms with Gasteiger partial charge in [-0.3, -0.25) is 4.98 Å². The van der Waals surface area contributed by atoms with E-state index < -0.39 is 0 Å². The molecule has 3 nitrogen and oxygen atoms in total. The number of aromatic nitrogens is 2. The lowest BCUT2D eigenvalue weighted by atomic mass is 10.1. The first kappa shape index (κ1) is 14.2. The van der Waals surface area contributed by atoms with Gasteiger partial charge in [0.2, 0.25) is 0 Å². The van der Waals surface area contributed by atoms with E-state index in [-0.39, 0.29) is 0 Å². The van der Waals surface area contributed by atoms with E-state index >= 15 is 0 Å². The van der Waals surface area contributed by atoms with Crippen molar-refractivity contribution < 1.29 is 0 Å². The standard InChI is InChI=1S/C17H19N3S/c1-11-8-15(13(3)21-11)12(2)18-9-14-10-19-16-6-4-5-7-17(16)20-14/h4-8,10,12,18H,9H2,1-3H3. The van der Waals surface area contributed by atoms with Crippen molar-refractivity contribution >= 4 is 22.4 Å². The van der Waals surface area contributed by atoms with Crippen LogP contribution in [-0.4, -0.2) is 9.97 Å². The van der Waals surface area contributed by atoms with Crippen molar-refractivity contribution in [1.29, 1.82) is 0 Å². The Labute approximate surface area is 129 Å². The monoisotopic (exact) mass is 297 g/mol. The summed E-state index contributed by atoms with van der Waals surface area (Å²) in [6.07, 6.45) is 1.85. The third-order valence-corrected chi connectivity index (χ3v) is 4.62. The van der Waals surface area contributed by atoms with Gasteiger partial charge >= 0.3 is 0 Å². The number of benzene rings is 1. The summed E-state index contributed by atoms with van der Waals surface area (Å²) in [6, 6.07) is 10.6. The predicted molar refractivity (Wildman–Crippen MR) is 88.6 cm³/mol. The van der Waals surface area contributed by atoms with Gasteiger partial charge in [-0.25, -0.2) is 4.98 Å². The Kier molecular flexibility index (Phi) is 3.99. The SMILES string of the molecule is Cc1cc(C(C)NCc2cnc3ccccc3n2)c(C)s1.